The fourth-order valence-corrected chi connectivity index (χ4v) is 3.86. The van der Waals surface area contributed by atoms with Crippen LogP contribution in [0.3, 0.4) is 0 Å². The van der Waals surface area contributed by atoms with Crippen LogP contribution in [0.4, 0.5) is 5.69 Å². The number of anilines is 1. The lowest BCUT2D eigenvalue weighted by Crippen LogP contribution is -2.09. The van der Waals surface area contributed by atoms with Gasteiger partial charge in [-0.25, -0.2) is 4.98 Å². The Morgan fingerprint density at radius 1 is 1.06 bits per heavy atom. The van der Waals surface area contributed by atoms with Crippen LogP contribution < -0.4 is 10.8 Å². The minimum absolute atomic E-state index is 0.0628. The minimum atomic E-state index is -0.323. The number of amides is 1. The highest BCUT2D eigenvalue weighted by atomic mass is 35.5. The predicted octanol–water partition coefficient (Wildman–Crippen LogP) is 5.81. The minimum Gasteiger partial charge on any atom is -0.432 e. The smallest absolute Gasteiger partial charge is 0.229 e. The number of halogens is 2. The number of Topliss-reactive ketones (excluding diaryl/α,β-unsaturated/α-hetero) is 1. The first kappa shape index (κ1) is 22.1. The zero-order chi connectivity index (χ0) is 23.0. The van der Waals surface area contributed by atoms with Crippen LogP contribution in [0.25, 0.3) is 33.5 Å². The van der Waals surface area contributed by atoms with Gasteiger partial charge in [0.1, 0.15) is 13.5 Å². The Bertz CT molecular complexity index is 1360. The molecule has 158 valence electrons. The maximum absolute atomic E-state index is 12.5. The van der Waals surface area contributed by atoms with Crippen molar-refractivity contribution >= 4 is 65.0 Å². The van der Waals surface area contributed by atoms with Gasteiger partial charge in [-0.1, -0.05) is 59.9 Å². The summed E-state index contributed by atoms with van der Waals surface area (Å²) in [6.45, 7) is 3.09. The molecule has 0 aliphatic rings. The summed E-state index contributed by atoms with van der Waals surface area (Å²) < 4.78 is 5.82. The number of carbonyl (C=O) groups is 2. The van der Waals surface area contributed by atoms with Crippen LogP contribution in [-0.4, -0.2) is 24.5 Å². The van der Waals surface area contributed by atoms with E-state index >= 15 is 0 Å². The Hall–Kier alpha value is -3.09. The van der Waals surface area contributed by atoms with Crippen LogP contribution in [0.15, 0.2) is 52.9 Å². The molecular formula is C24H17BCl2N2O3. The molecule has 0 bridgehead atoms. The van der Waals surface area contributed by atoms with Gasteiger partial charge < -0.3 is 9.73 Å². The van der Waals surface area contributed by atoms with E-state index in [9.17, 15) is 9.59 Å². The Kier molecular flexibility index (Phi) is 6.09. The lowest BCUT2D eigenvalue weighted by molar-refractivity contribution is -0.114. The molecule has 0 atom stereocenters. The van der Waals surface area contributed by atoms with E-state index in [2.05, 4.69) is 5.32 Å². The number of hydrogen-bond acceptors (Lipinski definition) is 4. The first-order chi connectivity index (χ1) is 15.3. The summed E-state index contributed by atoms with van der Waals surface area (Å²) >= 11 is 12.6. The first-order valence-electron chi connectivity index (χ1n) is 9.88. The standard InChI is InChI=1S/C24H17BCl2N2O3/c1-3-20(31)23-22(28-12(2)30)18-11-17(13-4-7-15(26)8-5-13)21(29-24(18)32-23)16-9-6-14(25)10-19(16)27/h4-11H,3H2,1-2H3,(H,28,30). The van der Waals surface area contributed by atoms with E-state index in [1.807, 2.05) is 18.2 Å². The van der Waals surface area contributed by atoms with Crippen LogP contribution in [0.1, 0.15) is 30.8 Å². The Labute approximate surface area is 196 Å². The van der Waals surface area contributed by atoms with Crippen LogP contribution in [0, 0.1) is 0 Å². The number of fused-ring (bicyclic) bond motifs is 1. The lowest BCUT2D eigenvalue weighted by Gasteiger charge is -2.12. The van der Waals surface area contributed by atoms with Gasteiger partial charge in [0.05, 0.1) is 11.1 Å². The summed E-state index contributed by atoms with van der Waals surface area (Å²) in [4.78, 5) is 29.1. The zero-order valence-electron chi connectivity index (χ0n) is 17.3. The molecule has 5 nitrogen and oxygen atoms in total. The molecule has 0 aliphatic carbocycles. The molecule has 0 aliphatic heterocycles. The molecule has 2 radical (unpaired) electrons. The maximum Gasteiger partial charge on any atom is 0.229 e. The van der Waals surface area contributed by atoms with Gasteiger partial charge in [0.15, 0.2) is 11.5 Å². The molecule has 0 fully saturated rings. The molecule has 8 heteroatoms. The fourth-order valence-electron chi connectivity index (χ4n) is 3.46. The van der Waals surface area contributed by atoms with Gasteiger partial charge >= 0.3 is 0 Å². The molecule has 2 heterocycles. The Morgan fingerprint density at radius 3 is 2.41 bits per heavy atom. The largest absolute Gasteiger partial charge is 0.432 e. The van der Waals surface area contributed by atoms with Crippen molar-refractivity contribution in [3.63, 3.8) is 0 Å². The molecule has 0 unspecified atom stereocenters. The van der Waals surface area contributed by atoms with Gasteiger partial charge in [0.25, 0.3) is 0 Å². The van der Waals surface area contributed by atoms with Crippen molar-refractivity contribution in [2.24, 2.45) is 0 Å². The highest BCUT2D eigenvalue weighted by molar-refractivity contribution is 6.38. The van der Waals surface area contributed by atoms with Crippen molar-refractivity contribution in [1.82, 2.24) is 4.98 Å². The summed E-state index contributed by atoms with van der Waals surface area (Å²) in [5, 5.41) is 4.24. The van der Waals surface area contributed by atoms with Crippen LogP contribution in [0.5, 0.6) is 0 Å². The van der Waals surface area contributed by atoms with Crippen LogP contribution >= 0.6 is 23.2 Å². The van der Waals surface area contributed by atoms with E-state index in [4.69, 9.17) is 40.4 Å². The Balaban J connectivity index is 2.07. The molecule has 4 rings (SSSR count). The number of nitrogens with zero attached hydrogens (tertiary/aromatic N) is 1. The molecule has 1 N–H and O–H groups in total. The summed E-state index contributed by atoms with van der Waals surface area (Å²) in [7, 11) is 5.86. The van der Waals surface area contributed by atoms with Gasteiger partial charge in [0.2, 0.25) is 11.6 Å². The number of aromatic nitrogens is 1. The zero-order valence-corrected chi connectivity index (χ0v) is 18.8. The van der Waals surface area contributed by atoms with Crippen molar-refractivity contribution in [1.29, 1.82) is 0 Å². The van der Waals surface area contributed by atoms with Crippen molar-refractivity contribution in [3.05, 3.63) is 64.3 Å². The second-order valence-corrected chi connectivity index (χ2v) is 8.09. The number of ketones is 1. The molecule has 0 saturated carbocycles. The number of nitrogens with one attached hydrogen (secondary N) is 1. The lowest BCUT2D eigenvalue weighted by atomic mass is 9.92. The third-order valence-corrected chi connectivity index (χ3v) is 5.53. The van der Waals surface area contributed by atoms with Crippen molar-refractivity contribution < 1.29 is 14.0 Å². The average Bonchev–Trinajstić information content (AvgIpc) is 3.10. The van der Waals surface area contributed by atoms with E-state index in [0.29, 0.717) is 37.8 Å². The van der Waals surface area contributed by atoms with Crippen molar-refractivity contribution in [3.8, 4) is 22.4 Å². The second kappa shape index (κ2) is 8.81. The maximum atomic E-state index is 12.5. The predicted molar refractivity (Wildman–Crippen MR) is 129 cm³/mol. The SMILES string of the molecule is [B]c1ccc(-c2nc3oc(C(=O)CC)c(NC(C)=O)c3cc2-c2ccc(Cl)cc2)c(Cl)c1. The van der Waals surface area contributed by atoms with E-state index in [0.717, 1.165) is 11.1 Å². The highest BCUT2D eigenvalue weighted by Gasteiger charge is 2.24. The van der Waals surface area contributed by atoms with E-state index in [-0.39, 0.29) is 29.6 Å². The Morgan fingerprint density at radius 2 is 1.78 bits per heavy atom. The number of carbonyl (C=O) groups excluding carboxylic acids is 2. The summed E-state index contributed by atoms with van der Waals surface area (Å²) in [5.41, 5.74) is 3.78. The number of benzene rings is 2. The van der Waals surface area contributed by atoms with E-state index in [1.54, 1.807) is 37.3 Å². The molecule has 1 amide bonds. The topological polar surface area (TPSA) is 72.2 Å². The van der Waals surface area contributed by atoms with Crippen molar-refractivity contribution in [2.45, 2.75) is 20.3 Å². The van der Waals surface area contributed by atoms with Gasteiger partial charge in [-0.3, -0.25) is 9.59 Å². The monoisotopic (exact) mass is 462 g/mol. The second-order valence-electron chi connectivity index (χ2n) is 7.25. The van der Waals surface area contributed by atoms with E-state index in [1.165, 1.54) is 6.92 Å². The average molecular weight is 463 g/mol. The quantitative estimate of drug-likeness (QED) is 0.300. The fraction of sp³-hybridized carbons (Fsp3) is 0.125. The van der Waals surface area contributed by atoms with Crippen molar-refractivity contribution in [2.75, 3.05) is 5.32 Å². The number of hydrogen-bond donors (Lipinski definition) is 1. The molecule has 2 aromatic heterocycles. The van der Waals surface area contributed by atoms with Gasteiger partial charge in [-0.15, -0.1) is 0 Å². The summed E-state index contributed by atoms with van der Waals surface area (Å²) in [6.07, 6.45) is 0.215. The molecule has 0 saturated heterocycles. The molecule has 2 aromatic carbocycles. The summed E-state index contributed by atoms with van der Waals surface area (Å²) in [6, 6.07) is 14.2. The van der Waals surface area contributed by atoms with E-state index < -0.39 is 0 Å². The van der Waals surface area contributed by atoms with Crippen LogP contribution in [-0.2, 0) is 4.79 Å². The molecule has 0 spiro atoms. The normalized spacial score (nSPS) is 11.0. The first-order valence-corrected chi connectivity index (χ1v) is 10.6. The number of pyridine rings is 1. The molecular weight excluding hydrogens is 446 g/mol. The van der Waals surface area contributed by atoms with Gasteiger partial charge in [0, 0.05) is 34.5 Å². The highest BCUT2D eigenvalue weighted by Crippen LogP contribution is 2.40. The summed E-state index contributed by atoms with van der Waals surface area (Å²) in [5.74, 6) is -0.503. The number of rotatable bonds is 5. The van der Waals surface area contributed by atoms with Crippen LogP contribution in [0.2, 0.25) is 10.0 Å². The van der Waals surface area contributed by atoms with Gasteiger partial charge in [-0.2, -0.15) is 0 Å². The number of furan rings is 1. The van der Waals surface area contributed by atoms with Gasteiger partial charge in [-0.05, 0) is 29.8 Å². The molecule has 4 aromatic rings. The third kappa shape index (κ3) is 4.16. The third-order valence-electron chi connectivity index (χ3n) is 4.96. The molecule has 32 heavy (non-hydrogen) atoms.